The third-order valence-electron chi connectivity index (χ3n) is 2.08. The summed E-state index contributed by atoms with van der Waals surface area (Å²) in [5.74, 6) is -1.16. The van der Waals surface area contributed by atoms with Crippen LogP contribution in [0.3, 0.4) is 0 Å². The summed E-state index contributed by atoms with van der Waals surface area (Å²) in [6, 6.07) is 1.11. The van der Waals surface area contributed by atoms with E-state index in [0.717, 1.165) is 33.7 Å². The van der Waals surface area contributed by atoms with E-state index in [0.29, 0.717) is 6.42 Å². The fourth-order valence-corrected chi connectivity index (χ4v) is 4.24. The van der Waals surface area contributed by atoms with E-state index < -0.39 is 16.0 Å². The first-order chi connectivity index (χ1) is 8.92. The van der Waals surface area contributed by atoms with Crippen molar-refractivity contribution in [3.05, 3.63) is 22.0 Å². The number of hydrogen-bond acceptors (Lipinski definition) is 7. The average Bonchev–Trinajstić information content (AvgIpc) is 2.95. The molecule has 0 amide bonds. The number of sulfonamides is 1. The van der Waals surface area contributed by atoms with Crippen LogP contribution in [0.15, 0.2) is 15.7 Å². The maximum atomic E-state index is 12.0. The molecule has 2 rings (SSSR count). The summed E-state index contributed by atoms with van der Waals surface area (Å²) >= 11 is 1.99. The molecule has 2 aromatic rings. The van der Waals surface area contributed by atoms with Gasteiger partial charge in [0.05, 0.1) is 5.56 Å². The molecule has 0 aliphatic rings. The molecule has 0 fully saturated rings. The fourth-order valence-electron chi connectivity index (χ4n) is 1.17. The minimum absolute atomic E-state index is 0.0584. The van der Waals surface area contributed by atoms with Crippen LogP contribution >= 0.6 is 22.7 Å². The standard InChI is InChI=1S/C9H9N3O4S3/c1-2-6-10-11-9(18-6)12-19(15,16)7-3-5(4-17-7)8(13)14/h3-4H,2H2,1H3,(H,11,12)(H,13,14). The molecule has 2 heterocycles. The highest BCUT2D eigenvalue weighted by molar-refractivity contribution is 7.94. The summed E-state index contributed by atoms with van der Waals surface area (Å²) in [6.45, 7) is 1.89. The van der Waals surface area contributed by atoms with Gasteiger partial charge in [-0.25, -0.2) is 13.2 Å². The van der Waals surface area contributed by atoms with Gasteiger partial charge >= 0.3 is 5.97 Å². The third kappa shape index (κ3) is 3.08. The Balaban J connectivity index is 2.24. The number of carbonyl (C=O) groups is 1. The molecule has 0 radical (unpaired) electrons. The number of thiophene rings is 1. The third-order valence-corrected chi connectivity index (χ3v) is 5.97. The van der Waals surface area contributed by atoms with Gasteiger partial charge in [0.15, 0.2) is 0 Å². The second kappa shape index (κ2) is 5.23. The SMILES string of the molecule is CCc1nnc(NS(=O)(=O)c2cc(C(=O)O)cs2)s1. The van der Waals surface area contributed by atoms with Crippen LogP contribution in [-0.4, -0.2) is 29.7 Å². The Bertz CT molecular complexity index is 704. The van der Waals surface area contributed by atoms with Crippen molar-refractivity contribution < 1.29 is 18.3 Å². The molecule has 0 unspecified atom stereocenters. The van der Waals surface area contributed by atoms with Crippen molar-refractivity contribution in [2.45, 2.75) is 17.6 Å². The molecule has 0 saturated heterocycles. The number of nitrogens with zero attached hydrogens (tertiary/aromatic N) is 2. The molecule has 102 valence electrons. The van der Waals surface area contributed by atoms with Gasteiger partial charge in [-0.15, -0.1) is 21.5 Å². The molecular formula is C9H9N3O4S3. The van der Waals surface area contributed by atoms with E-state index in [2.05, 4.69) is 14.9 Å². The van der Waals surface area contributed by atoms with E-state index in [1.165, 1.54) is 5.38 Å². The monoisotopic (exact) mass is 319 g/mol. The fraction of sp³-hybridized carbons (Fsp3) is 0.222. The Morgan fingerprint density at radius 1 is 1.47 bits per heavy atom. The Labute approximate surface area is 117 Å². The van der Waals surface area contributed by atoms with Crippen molar-refractivity contribution in [3.63, 3.8) is 0 Å². The van der Waals surface area contributed by atoms with E-state index in [4.69, 9.17) is 5.11 Å². The lowest BCUT2D eigenvalue weighted by molar-refractivity contribution is 0.0697. The van der Waals surface area contributed by atoms with Crippen molar-refractivity contribution in [2.75, 3.05) is 4.72 Å². The number of aromatic carboxylic acids is 1. The number of nitrogens with one attached hydrogen (secondary N) is 1. The average molecular weight is 319 g/mol. The van der Waals surface area contributed by atoms with Crippen molar-refractivity contribution in [1.29, 1.82) is 0 Å². The van der Waals surface area contributed by atoms with Crippen LogP contribution in [0.2, 0.25) is 0 Å². The van der Waals surface area contributed by atoms with Crippen LogP contribution in [0.4, 0.5) is 5.13 Å². The summed E-state index contributed by atoms with van der Waals surface area (Å²) in [7, 11) is -3.81. The zero-order chi connectivity index (χ0) is 14.0. The largest absolute Gasteiger partial charge is 0.478 e. The van der Waals surface area contributed by atoms with Gasteiger partial charge < -0.3 is 5.11 Å². The molecule has 0 saturated carbocycles. The smallest absolute Gasteiger partial charge is 0.336 e. The van der Waals surface area contributed by atoms with Crippen LogP contribution in [0.5, 0.6) is 0 Å². The van der Waals surface area contributed by atoms with Crippen LogP contribution in [0, 0.1) is 0 Å². The van der Waals surface area contributed by atoms with Crippen molar-refractivity contribution in [3.8, 4) is 0 Å². The normalized spacial score (nSPS) is 11.4. The van der Waals surface area contributed by atoms with Crippen molar-refractivity contribution in [1.82, 2.24) is 10.2 Å². The number of rotatable bonds is 5. The van der Waals surface area contributed by atoms with Gasteiger partial charge in [0.1, 0.15) is 9.22 Å². The van der Waals surface area contributed by atoms with Crippen LogP contribution < -0.4 is 4.72 Å². The molecule has 0 bridgehead atoms. The molecule has 10 heteroatoms. The van der Waals surface area contributed by atoms with Crippen LogP contribution in [0.1, 0.15) is 22.3 Å². The molecule has 7 nitrogen and oxygen atoms in total. The number of anilines is 1. The maximum Gasteiger partial charge on any atom is 0.336 e. The number of hydrogen-bond donors (Lipinski definition) is 2. The first kappa shape index (κ1) is 13.9. The quantitative estimate of drug-likeness (QED) is 0.867. The molecular weight excluding hydrogens is 310 g/mol. The second-order valence-electron chi connectivity index (χ2n) is 3.42. The summed E-state index contributed by atoms with van der Waals surface area (Å²) < 4.78 is 26.2. The summed E-state index contributed by atoms with van der Waals surface area (Å²) in [4.78, 5) is 10.7. The Hall–Kier alpha value is -1.52. The number of aromatic nitrogens is 2. The summed E-state index contributed by atoms with van der Waals surface area (Å²) in [5.41, 5.74) is -0.0584. The zero-order valence-electron chi connectivity index (χ0n) is 9.65. The van der Waals surface area contributed by atoms with Gasteiger partial charge in [0, 0.05) is 5.38 Å². The van der Waals surface area contributed by atoms with Gasteiger partial charge in [-0.3, -0.25) is 4.72 Å². The molecule has 0 aliphatic carbocycles. The highest BCUT2D eigenvalue weighted by Gasteiger charge is 2.20. The minimum Gasteiger partial charge on any atom is -0.478 e. The minimum atomic E-state index is -3.81. The zero-order valence-corrected chi connectivity index (χ0v) is 12.1. The van der Waals surface area contributed by atoms with E-state index >= 15 is 0 Å². The lowest BCUT2D eigenvalue weighted by Gasteiger charge is -2.00. The second-order valence-corrected chi connectivity index (χ2v) is 7.30. The predicted molar refractivity (Wildman–Crippen MR) is 71.4 cm³/mol. The first-order valence-electron chi connectivity index (χ1n) is 5.09. The topological polar surface area (TPSA) is 109 Å². The molecule has 19 heavy (non-hydrogen) atoms. The molecule has 0 aromatic carbocycles. The van der Waals surface area contributed by atoms with Gasteiger partial charge in [0.25, 0.3) is 10.0 Å². The molecule has 0 aliphatic heterocycles. The van der Waals surface area contributed by atoms with Crippen LogP contribution in [-0.2, 0) is 16.4 Å². The van der Waals surface area contributed by atoms with E-state index in [-0.39, 0.29) is 14.9 Å². The first-order valence-corrected chi connectivity index (χ1v) is 8.27. The van der Waals surface area contributed by atoms with E-state index in [1.54, 1.807) is 0 Å². The van der Waals surface area contributed by atoms with Gasteiger partial charge in [-0.05, 0) is 12.5 Å². The lowest BCUT2D eigenvalue weighted by atomic mass is 10.4. The number of aryl methyl sites for hydroxylation is 1. The number of carboxylic acids is 1. The molecule has 0 atom stereocenters. The van der Waals surface area contributed by atoms with E-state index in [1.807, 2.05) is 6.92 Å². The van der Waals surface area contributed by atoms with Crippen LogP contribution in [0.25, 0.3) is 0 Å². The van der Waals surface area contributed by atoms with Crippen molar-refractivity contribution in [2.24, 2.45) is 0 Å². The van der Waals surface area contributed by atoms with Gasteiger partial charge in [-0.1, -0.05) is 18.3 Å². The number of carboxylic acid groups (broad SMARTS) is 1. The summed E-state index contributed by atoms with van der Waals surface area (Å²) in [6.07, 6.45) is 0.668. The summed E-state index contributed by atoms with van der Waals surface area (Å²) in [5, 5.41) is 18.4. The maximum absolute atomic E-state index is 12.0. The Morgan fingerprint density at radius 2 is 2.21 bits per heavy atom. The van der Waals surface area contributed by atoms with Gasteiger partial charge in [0.2, 0.25) is 5.13 Å². The molecule has 2 aromatic heterocycles. The Kier molecular flexibility index (Phi) is 3.83. The van der Waals surface area contributed by atoms with Crippen molar-refractivity contribution >= 4 is 43.8 Å². The highest BCUT2D eigenvalue weighted by atomic mass is 32.2. The van der Waals surface area contributed by atoms with E-state index in [9.17, 15) is 13.2 Å². The molecule has 2 N–H and O–H groups in total. The Morgan fingerprint density at radius 3 is 2.74 bits per heavy atom. The lowest BCUT2D eigenvalue weighted by Crippen LogP contribution is -2.11. The predicted octanol–water partition coefficient (Wildman–Crippen LogP) is 1.66. The molecule has 0 spiro atoms. The van der Waals surface area contributed by atoms with Gasteiger partial charge in [-0.2, -0.15) is 0 Å². The highest BCUT2D eigenvalue weighted by Crippen LogP contribution is 2.24.